The summed E-state index contributed by atoms with van der Waals surface area (Å²) in [6.07, 6.45) is 0. The van der Waals surface area contributed by atoms with Crippen LogP contribution < -0.4 is 0 Å². The van der Waals surface area contributed by atoms with Gasteiger partial charge in [-0.25, -0.2) is 9.97 Å². The molecular weight excluding hydrogens is 460 g/mol. The minimum absolute atomic E-state index is 0.590. The highest BCUT2D eigenvalue weighted by molar-refractivity contribution is 5.71. The second-order valence-corrected chi connectivity index (χ2v) is 8.84. The fourth-order valence-electron chi connectivity index (χ4n) is 3.99. The maximum atomic E-state index is 6.25. The van der Waals surface area contributed by atoms with E-state index in [0.717, 1.165) is 56.5 Å². The van der Waals surface area contributed by atoms with Crippen molar-refractivity contribution in [1.29, 1.82) is 0 Å². The van der Waals surface area contributed by atoms with Crippen molar-refractivity contribution in [2.24, 2.45) is 20.5 Å². The quantitative estimate of drug-likeness (QED) is 0.224. The van der Waals surface area contributed by atoms with Crippen LogP contribution in [0, 0.1) is 27.7 Å². The zero-order chi connectivity index (χ0) is 25.8. The highest BCUT2D eigenvalue weighted by Gasteiger charge is 2.12. The van der Waals surface area contributed by atoms with Crippen molar-refractivity contribution in [3.63, 3.8) is 0 Å². The number of hydrogen-bond donors (Lipinski definition) is 0. The minimum Gasteiger partial charge on any atom is -0.456 e. The van der Waals surface area contributed by atoms with E-state index in [2.05, 4.69) is 30.4 Å². The summed E-state index contributed by atoms with van der Waals surface area (Å²) >= 11 is 0. The van der Waals surface area contributed by atoms with E-state index in [0.29, 0.717) is 11.6 Å². The first kappa shape index (κ1) is 23.9. The lowest BCUT2D eigenvalue weighted by molar-refractivity contribution is 0.596. The van der Waals surface area contributed by atoms with E-state index in [1.165, 1.54) is 0 Å². The molecule has 0 spiro atoms. The SMILES string of the molecule is Cc1cccc(/N=N/c2ccc(-c3ccc(-c4ccc(/N=N/c5cccc(C)n5)cc4C)o3)c(C)c2)n1. The molecule has 37 heavy (non-hydrogen) atoms. The predicted octanol–water partition coefficient (Wildman–Crippen LogP) is 9.47. The molecule has 7 nitrogen and oxygen atoms in total. The van der Waals surface area contributed by atoms with Crippen molar-refractivity contribution >= 4 is 23.0 Å². The predicted molar refractivity (Wildman–Crippen MR) is 145 cm³/mol. The average Bonchev–Trinajstić information content (AvgIpc) is 3.36. The van der Waals surface area contributed by atoms with Crippen LogP contribution in [0.2, 0.25) is 0 Å². The molecule has 0 saturated heterocycles. The zero-order valence-electron chi connectivity index (χ0n) is 21.2. The van der Waals surface area contributed by atoms with Gasteiger partial charge < -0.3 is 4.42 Å². The van der Waals surface area contributed by atoms with Crippen LogP contribution >= 0.6 is 0 Å². The fraction of sp³-hybridized carbons (Fsp3) is 0.133. The van der Waals surface area contributed by atoms with E-state index in [-0.39, 0.29) is 0 Å². The Morgan fingerprint density at radius 3 is 1.38 bits per heavy atom. The Balaban J connectivity index is 1.33. The van der Waals surface area contributed by atoms with Gasteiger partial charge in [0.1, 0.15) is 11.5 Å². The van der Waals surface area contributed by atoms with Crippen molar-refractivity contribution in [2.45, 2.75) is 27.7 Å². The van der Waals surface area contributed by atoms with Gasteiger partial charge in [-0.15, -0.1) is 20.5 Å². The molecule has 5 rings (SSSR count). The van der Waals surface area contributed by atoms with Crippen LogP contribution in [0.1, 0.15) is 22.5 Å². The fourth-order valence-corrected chi connectivity index (χ4v) is 3.99. The van der Waals surface area contributed by atoms with Crippen molar-refractivity contribution in [2.75, 3.05) is 0 Å². The summed E-state index contributed by atoms with van der Waals surface area (Å²) in [5, 5.41) is 17.2. The molecule has 0 aliphatic carbocycles. The molecule has 0 fully saturated rings. The first-order valence-corrected chi connectivity index (χ1v) is 12.0. The van der Waals surface area contributed by atoms with Crippen molar-refractivity contribution in [3.8, 4) is 22.6 Å². The number of nitrogens with zero attached hydrogens (tertiary/aromatic N) is 6. The average molecular weight is 487 g/mol. The number of rotatable bonds is 6. The van der Waals surface area contributed by atoms with Crippen LogP contribution in [0.25, 0.3) is 22.6 Å². The van der Waals surface area contributed by atoms with Crippen LogP contribution in [0.4, 0.5) is 23.0 Å². The van der Waals surface area contributed by atoms with Gasteiger partial charge in [-0.1, -0.05) is 12.1 Å². The Labute approximate surface area is 215 Å². The first-order valence-electron chi connectivity index (χ1n) is 12.0. The van der Waals surface area contributed by atoms with Gasteiger partial charge in [-0.3, -0.25) is 0 Å². The third-order valence-electron chi connectivity index (χ3n) is 5.84. The maximum Gasteiger partial charge on any atom is 0.174 e. The second-order valence-electron chi connectivity index (χ2n) is 8.84. The monoisotopic (exact) mass is 486 g/mol. The summed E-state index contributed by atoms with van der Waals surface area (Å²) in [6.45, 7) is 7.94. The highest BCUT2D eigenvalue weighted by atomic mass is 16.3. The van der Waals surface area contributed by atoms with Crippen molar-refractivity contribution in [3.05, 3.63) is 107 Å². The van der Waals surface area contributed by atoms with E-state index in [1.54, 1.807) is 0 Å². The standard InChI is InChI=1S/C30H26N6O/c1-19-17-23(33-35-29-9-5-7-21(3)31-29)11-13-25(19)27-15-16-28(37-27)26-14-12-24(18-20(26)2)34-36-30-10-6-8-22(4)32-30/h5-18H,1-4H3/b35-33+,36-34+. The molecule has 0 atom stereocenters. The van der Waals surface area contributed by atoms with Gasteiger partial charge in [0.25, 0.3) is 0 Å². The number of pyridine rings is 2. The smallest absolute Gasteiger partial charge is 0.174 e. The zero-order valence-corrected chi connectivity index (χ0v) is 21.2. The maximum absolute atomic E-state index is 6.25. The molecule has 0 amide bonds. The molecule has 0 aliphatic heterocycles. The highest BCUT2D eigenvalue weighted by Crippen LogP contribution is 2.34. The molecule has 5 aromatic rings. The summed E-state index contributed by atoms with van der Waals surface area (Å²) in [6, 6.07) is 27.2. The Morgan fingerprint density at radius 1 is 0.514 bits per heavy atom. The van der Waals surface area contributed by atoms with E-state index in [9.17, 15) is 0 Å². The third kappa shape index (κ3) is 5.73. The van der Waals surface area contributed by atoms with Crippen LogP contribution in [-0.4, -0.2) is 9.97 Å². The van der Waals surface area contributed by atoms with Gasteiger partial charge in [-0.2, -0.15) is 0 Å². The van der Waals surface area contributed by atoms with Crippen LogP contribution in [0.3, 0.4) is 0 Å². The lowest BCUT2D eigenvalue weighted by Gasteiger charge is -2.06. The van der Waals surface area contributed by atoms with E-state index in [1.807, 2.05) is 113 Å². The van der Waals surface area contributed by atoms with Gasteiger partial charge in [-0.05, 0) is 112 Å². The Kier molecular flexibility index (Phi) is 6.76. The second kappa shape index (κ2) is 10.5. The summed E-state index contributed by atoms with van der Waals surface area (Å²) in [5.41, 5.74) is 7.45. The minimum atomic E-state index is 0.590. The number of aromatic nitrogens is 2. The van der Waals surface area contributed by atoms with Gasteiger partial charge >= 0.3 is 0 Å². The van der Waals surface area contributed by atoms with Crippen LogP contribution in [0.5, 0.6) is 0 Å². The van der Waals surface area contributed by atoms with Gasteiger partial charge in [0.2, 0.25) is 0 Å². The molecule has 0 N–H and O–H groups in total. The first-order chi connectivity index (χ1) is 17.9. The lowest BCUT2D eigenvalue weighted by atomic mass is 10.1. The van der Waals surface area contributed by atoms with E-state index in [4.69, 9.17) is 4.42 Å². The molecule has 0 aliphatic rings. The summed E-state index contributed by atoms with van der Waals surface area (Å²) in [5.74, 6) is 2.77. The Bertz CT molecular complexity index is 1510. The molecule has 7 heteroatoms. The van der Waals surface area contributed by atoms with E-state index < -0.39 is 0 Å². The number of hydrogen-bond acceptors (Lipinski definition) is 7. The number of azo groups is 2. The van der Waals surface area contributed by atoms with Crippen LogP contribution in [-0.2, 0) is 0 Å². The summed E-state index contributed by atoms with van der Waals surface area (Å²) in [7, 11) is 0. The molecule has 3 heterocycles. The van der Waals surface area contributed by atoms with Gasteiger partial charge in [0.15, 0.2) is 11.6 Å². The largest absolute Gasteiger partial charge is 0.456 e. The van der Waals surface area contributed by atoms with Crippen molar-refractivity contribution in [1.82, 2.24) is 9.97 Å². The third-order valence-corrected chi connectivity index (χ3v) is 5.84. The van der Waals surface area contributed by atoms with Gasteiger partial charge in [0.05, 0.1) is 11.4 Å². The normalized spacial score (nSPS) is 11.6. The van der Waals surface area contributed by atoms with E-state index >= 15 is 0 Å². The van der Waals surface area contributed by atoms with Crippen molar-refractivity contribution < 1.29 is 4.42 Å². The Hall–Kier alpha value is -4.78. The Morgan fingerprint density at radius 2 is 0.973 bits per heavy atom. The number of furan rings is 1. The molecule has 3 aromatic heterocycles. The van der Waals surface area contributed by atoms with Crippen LogP contribution in [0.15, 0.2) is 110 Å². The molecule has 182 valence electrons. The summed E-state index contributed by atoms with van der Waals surface area (Å²) < 4.78 is 6.25. The molecule has 0 saturated carbocycles. The lowest BCUT2D eigenvalue weighted by Crippen LogP contribution is -1.82. The summed E-state index contributed by atoms with van der Waals surface area (Å²) in [4.78, 5) is 8.72. The molecule has 0 radical (unpaired) electrons. The van der Waals surface area contributed by atoms with Gasteiger partial charge in [0, 0.05) is 22.5 Å². The molecule has 0 bridgehead atoms. The molecule has 0 unspecified atom stereocenters. The number of benzene rings is 2. The molecule has 2 aromatic carbocycles. The molecular formula is C30H26N6O. The topological polar surface area (TPSA) is 88.4 Å². The number of aryl methyl sites for hydroxylation is 4.